The normalized spacial score (nSPS) is 21.4. The minimum absolute atomic E-state index is 0.0663. The van der Waals surface area contributed by atoms with Gasteiger partial charge in [-0.3, -0.25) is 9.88 Å². The summed E-state index contributed by atoms with van der Waals surface area (Å²) >= 11 is 6.28. The zero-order valence-corrected chi connectivity index (χ0v) is 30.8. The predicted molar refractivity (Wildman–Crippen MR) is 185 cm³/mol. The molecular weight excluding hydrogens is 639 g/mol. The molecule has 47 heavy (non-hydrogen) atoms. The van der Waals surface area contributed by atoms with E-state index in [1.807, 2.05) is 26.8 Å². The first-order chi connectivity index (χ1) is 21.8. The van der Waals surface area contributed by atoms with Gasteiger partial charge >= 0.3 is 11.8 Å². The fourth-order valence-electron chi connectivity index (χ4n) is 6.21. The maximum Gasteiger partial charge on any atom is 0.408 e. The average Bonchev–Trinajstić information content (AvgIpc) is 3.76. The van der Waals surface area contributed by atoms with Crippen LogP contribution in [0.3, 0.4) is 0 Å². The molecule has 0 bridgehead atoms. The SMILES string of the molecule is CC(C)c1nccc(CCC2(CO[Si](C)(C)C(C)(C)C)CC2)c1-n1c(=O)nc([C@@]2(C)CN[C@@H](C)CN2C(=O)O)c2cc(F)c(Cl)nc21. The Bertz CT molecular complexity index is 1760. The number of nitrogens with one attached hydrogen (secondary N) is 1. The van der Waals surface area contributed by atoms with E-state index < -0.39 is 36.6 Å². The van der Waals surface area contributed by atoms with Gasteiger partial charge in [-0.15, -0.1) is 0 Å². The highest BCUT2D eigenvalue weighted by Gasteiger charge is 2.47. The van der Waals surface area contributed by atoms with E-state index in [2.05, 4.69) is 49.1 Å². The zero-order valence-electron chi connectivity index (χ0n) is 29.0. The molecule has 3 aromatic heterocycles. The summed E-state index contributed by atoms with van der Waals surface area (Å²) in [6.07, 6.45) is 4.29. The van der Waals surface area contributed by atoms with E-state index in [0.29, 0.717) is 24.4 Å². The second-order valence-electron chi connectivity index (χ2n) is 15.6. The smallest absolute Gasteiger partial charge is 0.408 e. The van der Waals surface area contributed by atoms with Gasteiger partial charge in [-0.2, -0.15) is 4.98 Å². The highest BCUT2D eigenvalue weighted by Crippen LogP contribution is 2.51. The molecule has 0 aromatic carbocycles. The second kappa shape index (κ2) is 12.5. The molecule has 0 radical (unpaired) electrons. The van der Waals surface area contributed by atoms with Crippen molar-refractivity contribution in [2.24, 2.45) is 5.41 Å². The molecule has 1 saturated heterocycles. The molecule has 5 rings (SSSR count). The molecule has 4 heterocycles. The topological polar surface area (TPSA) is 122 Å². The second-order valence-corrected chi connectivity index (χ2v) is 20.7. The number of pyridine rings is 2. The van der Waals surface area contributed by atoms with E-state index in [1.165, 1.54) is 15.5 Å². The molecule has 2 fully saturated rings. The number of aromatic nitrogens is 4. The number of amides is 1. The molecule has 1 aliphatic heterocycles. The summed E-state index contributed by atoms with van der Waals surface area (Å²) < 4.78 is 23.2. The zero-order chi connectivity index (χ0) is 34.7. The van der Waals surface area contributed by atoms with Gasteiger partial charge in [0.1, 0.15) is 0 Å². The van der Waals surface area contributed by atoms with E-state index in [0.717, 1.165) is 24.8 Å². The number of carboxylic acid groups (broad SMARTS) is 1. The number of hydrogen-bond donors (Lipinski definition) is 2. The van der Waals surface area contributed by atoms with E-state index in [1.54, 1.807) is 13.1 Å². The molecule has 0 unspecified atom stereocenters. The third-order valence-corrected chi connectivity index (χ3v) is 15.3. The van der Waals surface area contributed by atoms with Crippen molar-refractivity contribution in [2.45, 2.75) is 110 Å². The quantitative estimate of drug-likeness (QED) is 0.182. The predicted octanol–water partition coefficient (Wildman–Crippen LogP) is 7.01. The molecule has 1 aliphatic carbocycles. The van der Waals surface area contributed by atoms with E-state index >= 15 is 4.39 Å². The first-order valence-corrected chi connectivity index (χ1v) is 19.7. The highest BCUT2D eigenvalue weighted by atomic mass is 35.5. The Hall–Kier alpha value is -2.93. The number of halogens is 2. The number of piperazine rings is 1. The lowest BCUT2D eigenvalue weighted by Crippen LogP contribution is -2.62. The van der Waals surface area contributed by atoms with Crippen molar-refractivity contribution in [2.75, 3.05) is 19.7 Å². The number of carbonyl (C=O) groups is 1. The van der Waals surface area contributed by atoms with Crippen LogP contribution < -0.4 is 11.0 Å². The number of aryl methyl sites for hydroxylation is 1. The van der Waals surface area contributed by atoms with Gasteiger partial charge in [0.05, 0.1) is 22.6 Å². The first-order valence-electron chi connectivity index (χ1n) is 16.5. The number of rotatable bonds is 9. The summed E-state index contributed by atoms with van der Waals surface area (Å²) in [5.74, 6) is -0.855. The summed E-state index contributed by atoms with van der Waals surface area (Å²) in [4.78, 5) is 41.6. The van der Waals surface area contributed by atoms with Crippen LogP contribution >= 0.6 is 11.6 Å². The van der Waals surface area contributed by atoms with E-state index in [4.69, 9.17) is 21.0 Å². The third kappa shape index (κ3) is 6.71. The molecule has 1 saturated carbocycles. The van der Waals surface area contributed by atoms with Crippen LogP contribution in [0.2, 0.25) is 23.3 Å². The monoisotopic (exact) mass is 686 g/mol. The van der Waals surface area contributed by atoms with Crippen molar-refractivity contribution in [3.05, 3.63) is 56.7 Å². The van der Waals surface area contributed by atoms with Crippen LogP contribution in [0.25, 0.3) is 16.7 Å². The number of nitrogens with zero attached hydrogens (tertiary/aromatic N) is 5. The van der Waals surface area contributed by atoms with Crippen molar-refractivity contribution in [3.63, 3.8) is 0 Å². The summed E-state index contributed by atoms with van der Waals surface area (Å²) in [5.41, 5.74) is 0.497. The van der Waals surface area contributed by atoms with Gasteiger partial charge in [0, 0.05) is 37.3 Å². The Morgan fingerprint density at radius 2 is 1.96 bits per heavy atom. The maximum absolute atomic E-state index is 15.2. The Balaban J connectivity index is 1.64. The van der Waals surface area contributed by atoms with Gasteiger partial charge in [-0.1, -0.05) is 46.2 Å². The molecule has 2 N–H and O–H groups in total. The molecule has 2 atom stereocenters. The molecule has 3 aromatic rings. The standard InChI is InChI=1S/C34H48ClFN6O4Si/c1-20(2)25-26(22(11-15-37-25)10-12-34(13-14-34)19-46-47(8,9)32(4,5)6)42-29-23(16-24(36)28(35)40-29)27(39-30(42)43)33(7)18-38-21(3)17-41(33)31(44)45/h11,15-16,20-21,38H,10,12-14,17-19H2,1-9H3,(H,44,45)/t21-,33+/m0/s1. The van der Waals surface area contributed by atoms with Crippen molar-refractivity contribution in [1.29, 1.82) is 0 Å². The molecule has 1 amide bonds. The molecule has 10 nitrogen and oxygen atoms in total. The Kier molecular flexibility index (Phi) is 9.41. The van der Waals surface area contributed by atoms with Crippen molar-refractivity contribution < 1.29 is 18.7 Å². The average molecular weight is 687 g/mol. The highest BCUT2D eigenvalue weighted by molar-refractivity contribution is 6.74. The van der Waals surface area contributed by atoms with Crippen molar-refractivity contribution in [1.82, 2.24) is 29.7 Å². The summed E-state index contributed by atoms with van der Waals surface area (Å²) in [5, 5.41) is 13.4. The summed E-state index contributed by atoms with van der Waals surface area (Å²) in [6, 6.07) is 3.00. The summed E-state index contributed by atoms with van der Waals surface area (Å²) in [7, 11) is -1.92. The van der Waals surface area contributed by atoms with Gasteiger partial charge in [-0.05, 0) is 86.7 Å². The summed E-state index contributed by atoms with van der Waals surface area (Å²) in [6.45, 7) is 19.9. The lowest BCUT2D eigenvalue weighted by atomic mass is 9.89. The number of fused-ring (bicyclic) bond motifs is 1. The van der Waals surface area contributed by atoms with Crippen LogP contribution in [0.5, 0.6) is 0 Å². The minimum atomic E-state index is -1.92. The van der Waals surface area contributed by atoms with Crippen molar-refractivity contribution >= 4 is 37.0 Å². The van der Waals surface area contributed by atoms with Crippen LogP contribution in [-0.4, -0.2) is 69.7 Å². The third-order valence-electron chi connectivity index (χ3n) is 10.6. The molecule has 0 spiro atoms. The van der Waals surface area contributed by atoms with Crippen LogP contribution in [0.15, 0.2) is 23.1 Å². The van der Waals surface area contributed by atoms with Gasteiger partial charge in [0.15, 0.2) is 24.9 Å². The van der Waals surface area contributed by atoms with Crippen LogP contribution in [-0.2, 0) is 16.4 Å². The largest absolute Gasteiger partial charge is 0.465 e. The van der Waals surface area contributed by atoms with Crippen LogP contribution in [0.1, 0.15) is 90.6 Å². The lowest BCUT2D eigenvalue weighted by Gasteiger charge is -2.45. The van der Waals surface area contributed by atoms with Crippen LogP contribution in [0, 0.1) is 11.2 Å². The Morgan fingerprint density at radius 3 is 2.55 bits per heavy atom. The molecule has 256 valence electrons. The fourth-order valence-corrected chi connectivity index (χ4v) is 7.44. The van der Waals surface area contributed by atoms with Crippen LogP contribution in [0.4, 0.5) is 9.18 Å². The lowest BCUT2D eigenvalue weighted by molar-refractivity contribution is 0.0502. The molecule has 13 heteroatoms. The first kappa shape index (κ1) is 35.4. The Labute approximate surface area is 282 Å². The van der Waals surface area contributed by atoms with Gasteiger partial charge in [-0.25, -0.2) is 23.5 Å². The van der Waals surface area contributed by atoms with Gasteiger partial charge < -0.3 is 14.8 Å². The van der Waals surface area contributed by atoms with Crippen molar-refractivity contribution in [3.8, 4) is 5.69 Å². The fraction of sp³-hybridized carbons (Fsp3) is 0.618. The molecular formula is C34H48ClFN6O4Si. The number of hydrogen-bond acceptors (Lipinski definition) is 7. The van der Waals surface area contributed by atoms with E-state index in [9.17, 15) is 14.7 Å². The molecule has 2 aliphatic rings. The van der Waals surface area contributed by atoms with Gasteiger partial charge in [0.2, 0.25) is 0 Å². The Morgan fingerprint density at radius 1 is 1.28 bits per heavy atom. The van der Waals surface area contributed by atoms with Gasteiger partial charge in [0.25, 0.3) is 0 Å². The minimum Gasteiger partial charge on any atom is -0.465 e. The maximum atomic E-state index is 15.2. The van der Waals surface area contributed by atoms with E-state index in [-0.39, 0.29) is 52.2 Å².